The van der Waals surface area contributed by atoms with E-state index in [-0.39, 0.29) is 11.6 Å². The lowest BCUT2D eigenvalue weighted by molar-refractivity contribution is 0.318. The highest BCUT2D eigenvalue weighted by molar-refractivity contribution is 7.85. The van der Waals surface area contributed by atoms with Crippen LogP contribution in [-0.2, 0) is 10.8 Å². The van der Waals surface area contributed by atoms with Crippen molar-refractivity contribution in [3.05, 3.63) is 30.3 Å². The molecular formula is C8H10N2O2S. The van der Waals surface area contributed by atoms with Gasteiger partial charge in [-0.3, -0.25) is 4.21 Å². The van der Waals surface area contributed by atoms with Crippen LogP contribution in [0.1, 0.15) is 0 Å². The average molecular weight is 198 g/mol. The molecule has 1 aromatic carbocycles. The van der Waals surface area contributed by atoms with Crippen LogP contribution in [0.25, 0.3) is 0 Å². The number of nitrogens with zero attached hydrogens (tertiary/aromatic N) is 1. The summed E-state index contributed by atoms with van der Waals surface area (Å²) in [6, 6.07) is 8.89. The second kappa shape index (κ2) is 4.61. The molecule has 1 atom stereocenters. The number of hydrogen-bond donors (Lipinski definition) is 2. The maximum Gasteiger partial charge on any atom is 0.152 e. The summed E-state index contributed by atoms with van der Waals surface area (Å²) in [5.41, 5.74) is 5.22. The molecule has 0 fully saturated rings. The Kier molecular flexibility index (Phi) is 3.45. The minimum Gasteiger partial charge on any atom is -0.409 e. The number of rotatable bonds is 3. The summed E-state index contributed by atoms with van der Waals surface area (Å²) in [4.78, 5) is 0.675. The molecule has 0 aromatic heterocycles. The molecule has 0 radical (unpaired) electrons. The lowest BCUT2D eigenvalue weighted by atomic mass is 10.4. The quantitative estimate of drug-likeness (QED) is 0.322. The van der Waals surface area contributed by atoms with Gasteiger partial charge in [0.1, 0.15) is 0 Å². The van der Waals surface area contributed by atoms with E-state index in [2.05, 4.69) is 5.16 Å². The summed E-state index contributed by atoms with van der Waals surface area (Å²) in [6.45, 7) is 0. The average Bonchev–Trinajstić information content (AvgIpc) is 2.19. The first-order chi connectivity index (χ1) is 6.24. The first-order valence-corrected chi connectivity index (χ1v) is 4.95. The summed E-state index contributed by atoms with van der Waals surface area (Å²) in [5.74, 6) is 0.0303. The number of oxime groups is 1. The van der Waals surface area contributed by atoms with E-state index < -0.39 is 10.8 Å². The van der Waals surface area contributed by atoms with Gasteiger partial charge in [-0.05, 0) is 12.1 Å². The standard InChI is InChI=1S/C8H10N2O2S/c9-8(10-11)6-13(12)7-4-2-1-3-5-7/h1-5,11H,6H2,(H2,9,10)/t13-/m0/s1. The number of amidine groups is 1. The molecule has 0 saturated heterocycles. The number of nitrogens with two attached hydrogens (primary N) is 1. The molecule has 0 amide bonds. The Morgan fingerprint density at radius 2 is 2.08 bits per heavy atom. The second-order valence-corrected chi connectivity index (χ2v) is 3.85. The molecule has 70 valence electrons. The van der Waals surface area contributed by atoms with Crippen LogP contribution < -0.4 is 5.73 Å². The molecule has 13 heavy (non-hydrogen) atoms. The molecule has 0 aliphatic carbocycles. The second-order valence-electron chi connectivity index (χ2n) is 2.39. The molecule has 0 aliphatic heterocycles. The van der Waals surface area contributed by atoms with Crippen molar-refractivity contribution in [2.75, 3.05) is 5.75 Å². The summed E-state index contributed by atoms with van der Waals surface area (Å²) >= 11 is 0. The highest BCUT2D eigenvalue weighted by atomic mass is 32.2. The maximum atomic E-state index is 11.5. The van der Waals surface area contributed by atoms with Gasteiger partial charge in [0.15, 0.2) is 5.84 Å². The fourth-order valence-corrected chi connectivity index (χ4v) is 1.77. The van der Waals surface area contributed by atoms with Gasteiger partial charge < -0.3 is 10.9 Å². The molecule has 0 heterocycles. The van der Waals surface area contributed by atoms with Gasteiger partial charge in [-0.1, -0.05) is 23.4 Å². The van der Waals surface area contributed by atoms with Crippen LogP contribution in [0.3, 0.4) is 0 Å². The van der Waals surface area contributed by atoms with Crippen molar-refractivity contribution in [1.29, 1.82) is 0 Å². The van der Waals surface area contributed by atoms with Gasteiger partial charge in [-0.2, -0.15) is 0 Å². The monoisotopic (exact) mass is 198 g/mol. The van der Waals surface area contributed by atoms with Gasteiger partial charge in [0, 0.05) is 4.90 Å². The Morgan fingerprint density at radius 3 is 2.62 bits per heavy atom. The first kappa shape index (κ1) is 9.73. The third-order valence-corrected chi connectivity index (χ3v) is 2.77. The van der Waals surface area contributed by atoms with E-state index in [1.165, 1.54) is 0 Å². The fourth-order valence-electron chi connectivity index (χ4n) is 0.819. The van der Waals surface area contributed by atoms with E-state index >= 15 is 0 Å². The molecule has 0 bridgehead atoms. The molecule has 1 aromatic rings. The predicted molar refractivity (Wildman–Crippen MR) is 51.1 cm³/mol. The molecule has 4 nitrogen and oxygen atoms in total. The number of hydrogen-bond acceptors (Lipinski definition) is 3. The van der Waals surface area contributed by atoms with Crippen molar-refractivity contribution >= 4 is 16.6 Å². The SMILES string of the molecule is N/C(C[S@](=O)c1ccccc1)=N\O. The lowest BCUT2D eigenvalue weighted by Crippen LogP contribution is -2.20. The summed E-state index contributed by atoms with van der Waals surface area (Å²) in [7, 11) is -1.23. The molecular weight excluding hydrogens is 188 g/mol. The lowest BCUT2D eigenvalue weighted by Gasteiger charge is -1.99. The number of benzene rings is 1. The first-order valence-electron chi connectivity index (χ1n) is 3.64. The van der Waals surface area contributed by atoms with Gasteiger partial charge in [0.25, 0.3) is 0 Å². The van der Waals surface area contributed by atoms with Crippen LogP contribution in [0.5, 0.6) is 0 Å². The van der Waals surface area contributed by atoms with Crippen LogP contribution in [-0.4, -0.2) is 21.0 Å². The van der Waals surface area contributed by atoms with E-state index in [1.54, 1.807) is 24.3 Å². The third-order valence-electron chi connectivity index (χ3n) is 1.41. The molecule has 0 unspecified atom stereocenters. The van der Waals surface area contributed by atoms with E-state index in [1.807, 2.05) is 6.07 Å². The Morgan fingerprint density at radius 1 is 1.46 bits per heavy atom. The molecule has 3 N–H and O–H groups in total. The normalized spacial score (nSPS) is 14.0. The van der Waals surface area contributed by atoms with Crippen LogP contribution in [0.4, 0.5) is 0 Å². The highest BCUT2D eigenvalue weighted by Gasteiger charge is 2.04. The minimum absolute atomic E-state index is 0.0258. The Hall–Kier alpha value is -1.36. The van der Waals surface area contributed by atoms with Crippen molar-refractivity contribution in [3.63, 3.8) is 0 Å². The molecule has 0 spiro atoms. The van der Waals surface area contributed by atoms with Gasteiger partial charge in [0.05, 0.1) is 16.6 Å². The van der Waals surface area contributed by atoms with Gasteiger partial charge in [-0.15, -0.1) is 0 Å². The van der Waals surface area contributed by atoms with E-state index in [0.29, 0.717) is 4.90 Å². The zero-order valence-corrected chi connectivity index (χ0v) is 7.70. The van der Waals surface area contributed by atoms with Crippen molar-refractivity contribution in [3.8, 4) is 0 Å². The largest absolute Gasteiger partial charge is 0.409 e. The summed E-state index contributed by atoms with van der Waals surface area (Å²) in [6.07, 6.45) is 0. The molecule has 1 rings (SSSR count). The summed E-state index contributed by atoms with van der Waals surface area (Å²) in [5, 5.41) is 11.0. The van der Waals surface area contributed by atoms with Crippen molar-refractivity contribution < 1.29 is 9.42 Å². The molecule has 0 saturated carbocycles. The Bertz CT molecular complexity index is 324. The van der Waals surface area contributed by atoms with Crippen molar-refractivity contribution in [1.82, 2.24) is 0 Å². The van der Waals surface area contributed by atoms with Gasteiger partial charge >= 0.3 is 0 Å². The molecule has 0 aliphatic rings. The molecule has 5 heteroatoms. The fraction of sp³-hybridized carbons (Fsp3) is 0.125. The zero-order valence-electron chi connectivity index (χ0n) is 6.88. The van der Waals surface area contributed by atoms with E-state index in [9.17, 15) is 4.21 Å². The Labute approximate surface area is 78.5 Å². The predicted octanol–water partition coefficient (Wildman–Crippen LogP) is 0.541. The van der Waals surface area contributed by atoms with Crippen LogP contribution >= 0.6 is 0 Å². The topological polar surface area (TPSA) is 75.7 Å². The van der Waals surface area contributed by atoms with Crippen LogP contribution in [0, 0.1) is 0 Å². The van der Waals surface area contributed by atoms with E-state index in [0.717, 1.165) is 0 Å². The summed E-state index contributed by atoms with van der Waals surface area (Å²) < 4.78 is 11.5. The van der Waals surface area contributed by atoms with E-state index in [4.69, 9.17) is 10.9 Å². The highest BCUT2D eigenvalue weighted by Crippen LogP contribution is 2.04. The maximum absolute atomic E-state index is 11.5. The van der Waals surface area contributed by atoms with Crippen LogP contribution in [0.15, 0.2) is 40.4 Å². The van der Waals surface area contributed by atoms with Crippen molar-refractivity contribution in [2.24, 2.45) is 10.9 Å². The van der Waals surface area contributed by atoms with Gasteiger partial charge in [0.2, 0.25) is 0 Å². The van der Waals surface area contributed by atoms with Gasteiger partial charge in [-0.25, -0.2) is 0 Å². The van der Waals surface area contributed by atoms with Crippen molar-refractivity contribution in [2.45, 2.75) is 4.90 Å². The Balaban J connectivity index is 2.70. The zero-order chi connectivity index (χ0) is 9.68. The third kappa shape index (κ3) is 2.87. The minimum atomic E-state index is -1.23. The smallest absolute Gasteiger partial charge is 0.152 e. The van der Waals surface area contributed by atoms with Crippen LogP contribution in [0.2, 0.25) is 0 Å².